The molecule has 4 aromatic rings. The average molecular weight is 678 g/mol. The number of amides is 2. The summed E-state index contributed by atoms with van der Waals surface area (Å²) in [6, 6.07) is 12.2. The zero-order valence-corrected chi connectivity index (χ0v) is 28.6. The van der Waals surface area contributed by atoms with Crippen LogP contribution in [0.3, 0.4) is 0 Å². The molecule has 0 atom stereocenters. The largest absolute Gasteiger partial charge is 0.479 e. The van der Waals surface area contributed by atoms with Gasteiger partial charge in [-0.2, -0.15) is 0 Å². The first-order valence-electron chi connectivity index (χ1n) is 17.2. The van der Waals surface area contributed by atoms with Crippen LogP contribution in [0.5, 0.6) is 5.75 Å². The lowest BCUT2D eigenvalue weighted by Crippen LogP contribution is -2.44. The van der Waals surface area contributed by atoms with E-state index in [4.69, 9.17) is 24.9 Å². The maximum atomic E-state index is 14.6. The van der Waals surface area contributed by atoms with E-state index in [9.17, 15) is 14.0 Å². The van der Waals surface area contributed by atoms with E-state index < -0.39 is 18.4 Å². The number of nitrogen functional groups attached to an aromatic ring is 1. The number of ether oxygens (including phenoxy) is 3. The van der Waals surface area contributed by atoms with E-state index in [1.54, 1.807) is 25.0 Å². The van der Waals surface area contributed by atoms with Crippen molar-refractivity contribution in [3.8, 4) is 5.75 Å². The first-order chi connectivity index (χ1) is 23.9. The number of carbonyl (C=O) groups excluding carboxylic acids is 2. The standard InChI is InChI=1S/C36H48FN7O5/c1-3-48-32(45)25-49-30-23-26(13-14-28(30)37)24-43(36(46)39-16-21-42-17-7-4-8-18-42)19-9-10-20-44-31(15-22-47-2)41-33-34(44)27-11-5-6-12-29(27)40-35(33)38/h5-6,11-14,23H,3-4,7-10,15-22,24-25H2,1-2H3,(H2,38,40)(H,39,46). The zero-order valence-electron chi connectivity index (χ0n) is 28.6. The van der Waals surface area contributed by atoms with Gasteiger partial charge in [0.15, 0.2) is 24.0 Å². The Kier molecular flexibility index (Phi) is 13.0. The summed E-state index contributed by atoms with van der Waals surface area (Å²) in [7, 11) is 1.67. The Morgan fingerprint density at radius 2 is 1.88 bits per heavy atom. The summed E-state index contributed by atoms with van der Waals surface area (Å²) in [5, 5.41) is 4.08. The summed E-state index contributed by atoms with van der Waals surface area (Å²) in [5.74, 6) is 0.0300. The molecule has 3 heterocycles. The van der Waals surface area contributed by atoms with Crippen LogP contribution in [0.2, 0.25) is 0 Å². The third-order valence-electron chi connectivity index (χ3n) is 8.74. The van der Waals surface area contributed by atoms with Gasteiger partial charge in [-0.05, 0) is 69.5 Å². The summed E-state index contributed by atoms with van der Waals surface area (Å²) in [6.45, 7) is 6.83. The minimum atomic E-state index is -0.592. The molecular weight excluding hydrogens is 629 g/mol. The number of aryl methyl sites for hydroxylation is 1. The molecule has 2 aromatic heterocycles. The number of unbranched alkanes of at least 4 members (excludes halogenated alkanes) is 1. The summed E-state index contributed by atoms with van der Waals surface area (Å²) in [5.41, 5.74) is 9.48. The summed E-state index contributed by atoms with van der Waals surface area (Å²) in [6.07, 6.45) is 5.71. The quantitative estimate of drug-likeness (QED) is 0.118. The number of fused-ring (bicyclic) bond motifs is 3. The van der Waals surface area contributed by atoms with Crippen molar-refractivity contribution >= 4 is 39.8 Å². The lowest BCUT2D eigenvalue weighted by Gasteiger charge is -2.28. The molecule has 1 aliphatic rings. The third kappa shape index (κ3) is 9.57. The van der Waals surface area contributed by atoms with Crippen molar-refractivity contribution in [2.45, 2.75) is 58.5 Å². The number of imidazole rings is 1. The van der Waals surface area contributed by atoms with Crippen LogP contribution in [0.25, 0.3) is 21.9 Å². The van der Waals surface area contributed by atoms with Crippen molar-refractivity contribution in [2.75, 3.05) is 65.4 Å². The lowest BCUT2D eigenvalue weighted by atomic mass is 10.1. The highest BCUT2D eigenvalue weighted by molar-refractivity contribution is 6.06. The highest BCUT2D eigenvalue weighted by Crippen LogP contribution is 2.29. The Balaban J connectivity index is 1.29. The second-order valence-corrected chi connectivity index (χ2v) is 12.3. The lowest BCUT2D eigenvalue weighted by molar-refractivity contribution is -0.145. The van der Waals surface area contributed by atoms with Crippen molar-refractivity contribution in [1.82, 2.24) is 29.7 Å². The molecule has 2 amide bonds. The number of likely N-dealkylation sites (tertiary alicyclic amines) is 1. The van der Waals surface area contributed by atoms with Gasteiger partial charge in [-0.1, -0.05) is 30.7 Å². The number of piperidine rings is 1. The first kappa shape index (κ1) is 35.8. The van der Waals surface area contributed by atoms with E-state index in [-0.39, 0.29) is 24.9 Å². The second kappa shape index (κ2) is 17.8. The van der Waals surface area contributed by atoms with E-state index in [0.717, 1.165) is 48.3 Å². The van der Waals surface area contributed by atoms with E-state index in [2.05, 4.69) is 19.8 Å². The molecule has 12 nitrogen and oxygen atoms in total. The second-order valence-electron chi connectivity index (χ2n) is 12.3. The number of benzene rings is 2. The van der Waals surface area contributed by atoms with Gasteiger partial charge in [0.05, 0.1) is 24.2 Å². The first-order valence-corrected chi connectivity index (χ1v) is 17.2. The van der Waals surface area contributed by atoms with Gasteiger partial charge in [-0.25, -0.2) is 23.9 Å². The number of pyridine rings is 1. The highest BCUT2D eigenvalue weighted by Gasteiger charge is 2.19. The molecule has 3 N–H and O–H groups in total. The zero-order chi connectivity index (χ0) is 34.6. The third-order valence-corrected chi connectivity index (χ3v) is 8.74. The number of rotatable bonds is 17. The molecule has 0 unspecified atom stereocenters. The van der Waals surface area contributed by atoms with Gasteiger partial charge in [0.1, 0.15) is 11.3 Å². The van der Waals surface area contributed by atoms with E-state index in [1.165, 1.54) is 31.4 Å². The summed E-state index contributed by atoms with van der Waals surface area (Å²) in [4.78, 5) is 38.9. The predicted molar refractivity (Wildman–Crippen MR) is 187 cm³/mol. The molecule has 2 aromatic carbocycles. The number of methoxy groups -OCH3 is 1. The SMILES string of the molecule is CCOC(=O)COc1cc(CN(CCCCn2c(CCOC)nc3c(N)nc4ccccc4c32)C(=O)NCCN2CCCCC2)ccc1F. The van der Waals surface area contributed by atoms with Gasteiger partial charge in [-0.3, -0.25) is 0 Å². The number of hydrogen-bond acceptors (Lipinski definition) is 9. The number of para-hydroxylation sites is 1. The number of nitrogens with one attached hydrogen (secondary N) is 1. The number of esters is 1. The fourth-order valence-electron chi connectivity index (χ4n) is 6.29. The van der Waals surface area contributed by atoms with Crippen LogP contribution < -0.4 is 15.8 Å². The fraction of sp³-hybridized carbons (Fsp3) is 0.500. The van der Waals surface area contributed by atoms with Gasteiger partial charge >= 0.3 is 12.0 Å². The minimum absolute atomic E-state index is 0.0624. The number of hydrogen-bond donors (Lipinski definition) is 2. The molecular formula is C36H48FN7O5. The van der Waals surface area contributed by atoms with Crippen LogP contribution in [-0.4, -0.2) is 96.0 Å². The van der Waals surface area contributed by atoms with Gasteiger partial charge < -0.3 is 39.6 Å². The topological polar surface area (TPSA) is 137 Å². The molecule has 5 rings (SSSR count). The molecule has 264 valence electrons. The van der Waals surface area contributed by atoms with Crippen LogP contribution in [0.1, 0.15) is 50.4 Å². The monoisotopic (exact) mass is 677 g/mol. The van der Waals surface area contributed by atoms with Crippen molar-refractivity contribution in [3.05, 3.63) is 59.7 Å². The molecule has 0 radical (unpaired) electrons. The Morgan fingerprint density at radius 3 is 2.67 bits per heavy atom. The fourth-order valence-corrected chi connectivity index (χ4v) is 6.29. The predicted octanol–water partition coefficient (Wildman–Crippen LogP) is 4.91. The van der Waals surface area contributed by atoms with Crippen LogP contribution in [0.4, 0.5) is 15.0 Å². The number of nitrogens with two attached hydrogens (primary N) is 1. The normalized spacial score (nSPS) is 13.5. The van der Waals surface area contributed by atoms with Gasteiger partial charge in [-0.15, -0.1) is 0 Å². The molecule has 1 saturated heterocycles. The minimum Gasteiger partial charge on any atom is -0.479 e. The maximum absolute atomic E-state index is 14.6. The van der Waals surface area contributed by atoms with Crippen LogP contribution in [0, 0.1) is 5.82 Å². The molecule has 1 aliphatic heterocycles. The Bertz CT molecular complexity index is 1710. The van der Waals surface area contributed by atoms with Crippen LogP contribution in [-0.2, 0) is 33.8 Å². The summed E-state index contributed by atoms with van der Waals surface area (Å²) < 4.78 is 32.5. The maximum Gasteiger partial charge on any atom is 0.344 e. The Morgan fingerprint density at radius 1 is 1.06 bits per heavy atom. The number of aromatic nitrogens is 3. The highest BCUT2D eigenvalue weighted by atomic mass is 19.1. The van der Waals surface area contributed by atoms with Crippen LogP contribution >= 0.6 is 0 Å². The molecule has 1 fully saturated rings. The van der Waals surface area contributed by atoms with Crippen molar-refractivity contribution in [3.63, 3.8) is 0 Å². The van der Waals surface area contributed by atoms with E-state index in [1.807, 2.05) is 24.3 Å². The Hall–Kier alpha value is -4.49. The molecule has 13 heteroatoms. The van der Waals surface area contributed by atoms with E-state index >= 15 is 0 Å². The molecule has 49 heavy (non-hydrogen) atoms. The number of anilines is 1. The summed E-state index contributed by atoms with van der Waals surface area (Å²) >= 11 is 0. The van der Waals surface area contributed by atoms with E-state index in [0.29, 0.717) is 56.0 Å². The van der Waals surface area contributed by atoms with Gasteiger partial charge in [0.25, 0.3) is 0 Å². The average Bonchev–Trinajstić information content (AvgIpc) is 3.48. The number of nitrogens with zero attached hydrogens (tertiary/aromatic N) is 5. The molecule has 0 aliphatic carbocycles. The van der Waals surface area contributed by atoms with Crippen LogP contribution in [0.15, 0.2) is 42.5 Å². The number of halogens is 1. The van der Waals surface area contributed by atoms with Gasteiger partial charge in [0, 0.05) is 51.6 Å². The number of urea groups is 1. The van der Waals surface area contributed by atoms with Crippen molar-refractivity contribution < 1.29 is 28.2 Å². The molecule has 0 spiro atoms. The molecule has 0 bridgehead atoms. The van der Waals surface area contributed by atoms with Crippen molar-refractivity contribution in [1.29, 1.82) is 0 Å². The van der Waals surface area contributed by atoms with Crippen molar-refractivity contribution in [2.24, 2.45) is 0 Å². The smallest absolute Gasteiger partial charge is 0.344 e. The van der Waals surface area contributed by atoms with Gasteiger partial charge in [0.2, 0.25) is 0 Å². The Labute approximate surface area is 286 Å². The number of carbonyl (C=O) groups is 2. The molecule has 0 saturated carbocycles.